The third-order valence-electron chi connectivity index (χ3n) is 6.01. The molecule has 7 heteroatoms. The van der Waals surface area contributed by atoms with Gasteiger partial charge < -0.3 is 14.7 Å². The molecule has 3 heterocycles. The minimum absolute atomic E-state index is 0.00251. The molecule has 2 fully saturated rings. The lowest BCUT2D eigenvalue weighted by molar-refractivity contribution is -0.140. The van der Waals surface area contributed by atoms with Crippen LogP contribution in [-0.4, -0.2) is 72.7 Å². The van der Waals surface area contributed by atoms with E-state index in [0.717, 1.165) is 4.88 Å². The molecule has 4 rings (SSSR count). The third kappa shape index (κ3) is 3.55. The number of carbonyl (C=O) groups is 3. The smallest absolute Gasteiger partial charge is 0.253 e. The molecule has 0 N–H and O–H groups in total. The molecule has 29 heavy (non-hydrogen) atoms. The summed E-state index contributed by atoms with van der Waals surface area (Å²) in [6.07, 6.45) is 0.364. The normalized spacial score (nSPS) is 23.2. The predicted molar refractivity (Wildman–Crippen MR) is 112 cm³/mol. The Bertz CT molecular complexity index is 913. The van der Waals surface area contributed by atoms with Gasteiger partial charge in [-0.25, -0.2) is 0 Å². The maximum Gasteiger partial charge on any atom is 0.253 e. The first-order valence-electron chi connectivity index (χ1n) is 9.77. The van der Waals surface area contributed by atoms with Gasteiger partial charge in [-0.2, -0.15) is 0 Å². The molecule has 0 unspecified atom stereocenters. The zero-order valence-electron chi connectivity index (χ0n) is 16.7. The van der Waals surface area contributed by atoms with Gasteiger partial charge in [0.2, 0.25) is 11.8 Å². The molecule has 0 aliphatic carbocycles. The highest BCUT2D eigenvalue weighted by Gasteiger charge is 2.59. The summed E-state index contributed by atoms with van der Waals surface area (Å²) in [6.45, 7) is 1.74. The molecule has 152 valence electrons. The molecule has 2 aromatic rings. The Kier molecular flexibility index (Phi) is 5.17. The molecule has 1 aromatic carbocycles. The van der Waals surface area contributed by atoms with Gasteiger partial charge in [0.05, 0.1) is 11.8 Å². The van der Waals surface area contributed by atoms with Crippen molar-refractivity contribution in [2.45, 2.75) is 6.42 Å². The van der Waals surface area contributed by atoms with Crippen LogP contribution >= 0.6 is 11.3 Å². The van der Waals surface area contributed by atoms with Crippen LogP contribution < -0.4 is 0 Å². The summed E-state index contributed by atoms with van der Waals surface area (Å²) in [5.74, 6) is -0.0502. The van der Waals surface area contributed by atoms with Gasteiger partial charge in [0, 0.05) is 56.6 Å². The number of carbonyl (C=O) groups excluding carboxylic acids is 3. The summed E-state index contributed by atoms with van der Waals surface area (Å²) in [6, 6.07) is 13.1. The number of fused-ring (bicyclic) bond motifs is 1. The number of benzene rings is 1. The summed E-state index contributed by atoms with van der Waals surface area (Å²) in [5.41, 5.74) is -0.0930. The fraction of sp³-hybridized carbons (Fsp3) is 0.409. The van der Waals surface area contributed by atoms with Crippen molar-refractivity contribution >= 4 is 29.1 Å². The first kappa shape index (κ1) is 19.6. The van der Waals surface area contributed by atoms with Gasteiger partial charge in [-0.1, -0.05) is 24.3 Å². The van der Waals surface area contributed by atoms with Crippen molar-refractivity contribution in [3.63, 3.8) is 0 Å². The number of hydrogen-bond acceptors (Lipinski definition) is 4. The third-order valence-corrected chi connectivity index (χ3v) is 6.88. The van der Waals surface area contributed by atoms with Crippen molar-refractivity contribution < 1.29 is 14.4 Å². The zero-order chi connectivity index (χ0) is 20.6. The van der Waals surface area contributed by atoms with Gasteiger partial charge in [0.25, 0.3) is 5.91 Å². The van der Waals surface area contributed by atoms with Crippen LogP contribution in [0.4, 0.5) is 0 Å². The molecule has 0 saturated carbocycles. The highest BCUT2D eigenvalue weighted by atomic mass is 32.1. The summed E-state index contributed by atoms with van der Waals surface area (Å²) >= 11 is 1.57. The standard InChI is InChI=1S/C22H25N3O3S/c1-23(2)21(28)22-14-24(19(26)11-18-9-6-10-29-18)12-17(22)13-25(15-22)20(27)16-7-4-3-5-8-16/h3-10,17H,11-15H2,1-2H3/t17-,22-/m1/s1. The molecule has 2 atom stereocenters. The summed E-state index contributed by atoms with van der Waals surface area (Å²) in [7, 11) is 3.48. The quantitative estimate of drug-likeness (QED) is 0.773. The maximum atomic E-state index is 13.2. The zero-order valence-corrected chi connectivity index (χ0v) is 17.5. The Morgan fingerprint density at radius 2 is 1.72 bits per heavy atom. The Hall–Kier alpha value is -2.67. The molecule has 0 spiro atoms. The van der Waals surface area contributed by atoms with Crippen LogP contribution in [0.5, 0.6) is 0 Å². The predicted octanol–water partition coefficient (Wildman–Crippen LogP) is 1.98. The number of thiophene rings is 1. The van der Waals surface area contributed by atoms with E-state index in [9.17, 15) is 14.4 Å². The molecule has 6 nitrogen and oxygen atoms in total. The van der Waals surface area contributed by atoms with Crippen LogP contribution in [0, 0.1) is 11.3 Å². The van der Waals surface area contributed by atoms with Gasteiger partial charge in [-0.3, -0.25) is 14.4 Å². The van der Waals surface area contributed by atoms with Crippen LogP contribution in [-0.2, 0) is 16.0 Å². The van der Waals surface area contributed by atoms with Crippen molar-refractivity contribution in [3.05, 3.63) is 58.3 Å². The van der Waals surface area contributed by atoms with E-state index in [4.69, 9.17) is 0 Å². The van der Waals surface area contributed by atoms with Gasteiger partial charge >= 0.3 is 0 Å². The van der Waals surface area contributed by atoms with E-state index in [-0.39, 0.29) is 23.6 Å². The summed E-state index contributed by atoms with van der Waals surface area (Å²) in [4.78, 5) is 45.2. The monoisotopic (exact) mass is 411 g/mol. The van der Waals surface area contributed by atoms with Gasteiger partial charge in [0.15, 0.2) is 0 Å². The molecular weight excluding hydrogens is 386 g/mol. The molecule has 2 aliphatic rings. The van der Waals surface area contributed by atoms with Crippen LogP contribution in [0.15, 0.2) is 47.8 Å². The number of nitrogens with zero attached hydrogens (tertiary/aromatic N) is 3. The lowest BCUT2D eigenvalue weighted by Gasteiger charge is -2.30. The van der Waals surface area contributed by atoms with E-state index >= 15 is 0 Å². The Labute approximate surface area is 174 Å². The average molecular weight is 412 g/mol. The second kappa shape index (κ2) is 7.63. The van der Waals surface area contributed by atoms with E-state index in [1.54, 1.807) is 47.4 Å². The van der Waals surface area contributed by atoms with Crippen molar-refractivity contribution in [1.82, 2.24) is 14.7 Å². The highest BCUT2D eigenvalue weighted by molar-refractivity contribution is 7.10. The van der Waals surface area contributed by atoms with Crippen LogP contribution in [0.2, 0.25) is 0 Å². The topological polar surface area (TPSA) is 60.9 Å². The number of amides is 3. The lowest BCUT2D eigenvalue weighted by atomic mass is 9.80. The minimum Gasteiger partial charge on any atom is -0.348 e. The van der Waals surface area contributed by atoms with Gasteiger partial charge in [0.1, 0.15) is 0 Å². The molecule has 2 saturated heterocycles. The van der Waals surface area contributed by atoms with Crippen LogP contribution in [0.1, 0.15) is 15.2 Å². The first-order valence-corrected chi connectivity index (χ1v) is 10.6. The van der Waals surface area contributed by atoms with Gasteiger partial charge in [-0.05, 0) is 23.6 Å². The number of hydrogen-bond donors (Lipinski definition) is 0. The van der Waals surface area contributed by atoms with Crippen LogP contribution in [0.25, 0.3) is 0 Å². The SMILES string of the molecule is CN(C)C(=O)[C@@]12CN(C(=O)Cc3cccs3)C[C@@H]1CN(C(=O)c1ccccc1)C2. The fourth-order valence-corrected chi connectivity index (χ4v) is 5.29. The summed E-state index contributed by atoms with van der Waals surface area (Å²) < 4.78 is 0. The molecular formula is C22H25N3O3S. The number of rotatable bonds is 4. The fourth-order valence-electron chi connectivity index (χ4n) is 4.59. The molecule has 3 amide bonds. The number of likely N-dealkylation sites (tertiary alicyclic amines) is 2. The molecule has 0 bridgehead atoms. The Balaban J connectivity index is 1.54. The van der Waals surface area contributed by atoms with E-state index in [0.29, 0.717) is 38.2 Å². The van der Waals surface area contributed by atoms with Crippen molar-refractivity contribution in [2.75, 3.05) is 40.3 Å². The van der Waals surface area contributed by atoms with E-state index in [2.05, 4.69) is 0 Å². The van der Waals surface area contributed by atoms with E-state index in [1.807, 2.05) is 40.6 Å². The second-order valence-corrected chi connectivity index (χ2v) is 9.17. The minimum atomic E-state index is -0.723. The van der Waals surface area contributed by atoms with Crippen molar-refractivity contribution in [1.29, 1.82) is 0 Å². The highest BCUT2D eigenvalue weighted by Crippen LogP contribution is 2.44. The van der Waals surface area contributed by atoms with Crippen molar-refractivity contribution in [3.8, 4) is 0 Å². The summed E-state index contributed by atoms with van der Waals surface area (Å²) in [5, 5.41) is 1.96. The molecule has 0 radical (unpaired) electrons. The van der Waals surface area contributed by atoms with E-state index in [1.165, 1.54) is 0 Å². The molecule has 2 aliphatic heterocycles. The second-order valence-electron chi connectivity index (χ2n) is 8.13. The largest absolute Gasteiger partial charge is 0.348 e. The van der Waals surface area contributed by atoms with Crippen LogP contribution in [0.3, 0.4) is 0 Å². The average Bonchev–Trinajstić information content (AvgIpc) is 3.42. The maximum absolute atomic E-state index is 13.2. The van der Waals surface area contributed by atoms with E-state index < -0.39 is 5.41 Å². The first-order chi connectivity index (χ1) is 13.9. The Morgan fingerprint density at radius 1 is 1.03 bits per heavy atom. The van der Waals surface area contributed by atoms with Crippen molar-refractivity contribution in [2.24, 2.45) is 11.3 Å². The lowest BCUT2D eigenvalue weighted by Crippen LogP contribution is -2.48. The van der Waals surface area contributed by atoms with Gasteiger partial charge in [-0.15, -0.1) is 11.3 Å². The molecule has 1 aromatic heterocycles. The Morgan fingerprint density at radius 3 is 2.38 bits per heavy atom.